The minimum Gasteiger partial charge on any atom is -0.491 e. The number of sulfonamides is 1. The highest BCUT2D eigenvalue weighted by atomic mass is 32.2. The molecule has 1 heterocycles. The predicted molar refractivity (Wildman–Crippen MR) is 97.6 cm³/mol. The van der Waals surface area contributed by atoms with Crippen molar-refractivity contribution in [2.75, 3.05) is 26.0 Å². The highest BCUT2D eigenvalue weighted by molar-refractivity contribution is 7.90. The molecule has 0 saturated carbocycles. The van der Waals surface area contributed by atoms with Crippen molar-refractivity contribution in [1.82, 2.24) is 15.0 Å². The van der Waals surface area contributed by atoms with Crippen LogP contribution in [-0.2, 0) is 19.6 Å². The second-order valence-corrected chi connectivity index (χ2v) is 7.22. The van der Waals surface area contributed by atoms with Gasteiger partial charge in [0.05, 0.1) is 25.0 Å². The molecular formula is C16H23N3O8S. The van der Waals surface area contributed by atoms with Gasteiger partial charge in [0.25, 0.3) is 11.8 Å². The van der Waals surface area contributed by atoms with Crippen molar-refractivity contribution in [3.8, 4) is 11.6 Å². The smallest absolute Gasteiger partial charge is 0.414 e. The second kappa shape index (κ2) is 11.1. The number of rotatable bonds is 10. The van der Waals surface area contributed by atoms with Crippen LogP contribution in [0, 0.1) is 0 Å². The summed E-state index contributed by atoms with van der Waals surface area (Å²) >= 11 is 0. The van der Waals surface area contributed by atoms with Crippen LogP contribution in [0.15, 0.2) is 12.3 Å². The Balaban J connectivity index is 2.79. The van der Waals surface area contributed by atoms with E-state index < -0.39 is 34.5 Å². The van der Waals surface area contributed by atoms with Gasteiger partial charge in [0.2, 0.25) is 10.0 Å². The van der Waals surface area contributed by atoms with Crippen molar-refractivity contribution in [1.29, 1.82) is 0 Å². The minimum atomic E-state index is -3.77. The number of carbonyl (C=O) groups is 3. The summed E-state index contributed by atoms with van der Waals surface area (Å²) in [6.45, 7) is 3.22. The molecule has 156 valence electrons. The van der Waals surface area contributed by atoms with Crippen molar-refractivity contribution in [2.45, 2.75) is 26.7 Å². The molecule has 11 nitrogen and oxygen atoms in total. The largest absolute Gasteiger partial charge is 0.491 e. The van der Waals surface area contributed by atoms with Gasteiger partial charge in [-0.1, -0.05) is 13.3 Å². The number of aromatic nitrogens is 1. The van der Waals surface area contributed by atoms with Gasteiger partial charge in [0, 0.05) is 12.3 Å². The number of ether oxygens (including phenoxy) is 3. The lowest BCUT2D eigenvalue weighted by molar-refractivity contribution is -0.141. The van der Waals surface area contributed by atoms with Gasteiger partial charge in [-0.3, -0.25) is 9.59 Å². The summed E-state index contributed by atoms with van der Waals surface area (Å²) in [5, 5.41) is 2.17. The van der Waals surface area contributed by atoms with E-state index in [1.54, 1.807) is 6.92 Å². The zero-order chi connectivity index (χ0) is 21.2. The molecule has 12 heteroatoms. The molecule has 0 aliphatic carbocycles. The van der Waals surface area contributed by atoms with Crippen LogP contribution in [0.25, 0.3) is 0 Å². The third-order valence-corrected chi connectivity index (χ3v) is 4.51. The van der Waals surface area contributed by atoms with E-state index in [0.717, 1.165) is 6.20 Å². The third-order valence-electron chi connectivity index (χ3n) is 3.19. The highest BCUT2D eigenvalue weighted by Gasteiger charge is 2.19. The van der Waals surface area contributed by atoms with Crippen molar-refractivity contribution in [3.05, 3.63) is 17.8 Å². The molecular weight excluding hydrogens is 394 g/mol. The van der Waals surface area contributed by atoms with Crippen molar-refractivity contribution in [2.24, 2.45) is 0 Å². The van der Waals surface area contributed by atoms with Crippen LogP contribution in [0.2, 0.25) is 0 Å². The quantitative estimate of drug-likeness (QED) is 0.522. The molecule has 0 bridgehead atoms. The first kappa shape index (κ1) is 23.1. The number of esters is 1. The number of methoxy groups -OCH3 is 1. The van der Waals surface area contributed by atoms with Gasteiger partial charge in [0.15, 0.2) is 5.75 Å². The first-order valence-corrected chi connectivity index (χ1v) is 10.1. The second-order valence-electron chi connectivity index (χ2n) is 5.38. The lowest BCUT2D eigenvalue weighted by atomic mass is 10.2. The first-order chi connectivity index (χ1) is 13.2. The Hall–Kier alpha value is -2.89. The molecule has 2 N–H and O–H groups in total. The molecule has 0 unspecified atom stereocenters. The maximum absolute atomic E-state index is 12.1. The molecule has 0 radical (unpaired) electrons. The Morgan fingerprint density at radius 3 is 2.54 bits per heavy atom. The zero-order valence-electron chi connectivity index (χ0n) is 15.8. The SMILES string of the molecule is CCCCS(=O)(=O)NC(=O)c1cnc(OC(=O)NCC(=O)OCC)c(OC)c1. The maximum Gasteiger partial charge on any atom is 0.414 e. The zero-order valence-corrected chi connectivity index (χ0v) is 16.6. The van der Waals surface area contributed by atoms with Gasteiger partial charge < -0.3 is 19.5 Å². The summed E-state index contributed by atoms with van der Waals surface area (Å²) < 4.78 is 40.1. The minimum absolute atomic E-state index is 0.0788. The highest BCUT2D eigenvalue weighted by Crippen LogP contribution is 2.25. The molecule has 0 aliphatic heterocycles. The average Bonchev–Trinajstić information content (AvgIpc) is 2.65. The fourth-order valence-corrected chi connectivity index (χ4v) is 3.02. The molecule has 0 spiro atoms. The number of unbranched alkanes of at least 4 members (excludes halogenated alkanes) is 1. The van der Waals surface area contributed by atoms with E-state index in [9.17, 15) is 22.8 Å². The van der Waals surface area contributed by atoms with E-state index in [-0.39, 0.29) is 29.6 Å². The van der Waals surface area contributed by atoms with Crippen LogP contribution in [0.3, 0.4) is 0 Å². The Kier molecular flexibility index (Phi) is 9.15. The van der Waals surface area contributed by atoms with Gasteiger partial charge >= 0.3 is 12.1 Å². The Labute approximate surface area is 162 Å². The molecule has 0 saturated heterocycles. The lowest BCUT2D eigenvalue weighted by Gasteiger charge is -2.11. The summed E-state index contributed by atoms with van der Waals surface area (Å²) in [6, 6.07) is 1.17. The van der Waals surface area contributed by atoms with Crippen molar-refractivity contribution < 1.29 is 37.0 Å². The summed E-state index contributed by atoms with van der Waals surface area (Å²) in [5.41, 5.74) is -0.101. The maximum atomic E-state index is 12.1. The Morgan fingerprint density at radius 2 is 1.93 bits per heavy atom. The fourth-order valence-electron chi connectivity index (χ4n) is 1.84. The first-order valence-electron chi connectivity index (χ1n) is 8.42. The molecule has 28 heavy (non-hydrogen) atoms. The predicted octanol–water partition coefficient (Wildman–Crippen LogP) is 0.601. The Bertz CT molecular complexity index is 810. The number of carbonyl (C=O) groups excluding carboxylic acids is 3. The van der Waals surface area contributed by atoms with Crippen LogP contribution >= 0.6 is 0 Å². The normalized spacial score (nSPS) is 10.7. The van der Waals surface area contributed by atoms with Gasteiger partial charge in [0.1, 0.15) is 6.54 Å². The summed E-state index contributed by atoms with van der Waals surface area (Å²) in [4.78, 5) is 38.8. The topological polar surface area (TPSA) is 150 Å². The van der Waals surface area contributed by atoms with Crippen LogP contribution in [0.5, 0.6) is 11.6 Å². The fraction of sp³-hybridized carbons (Fsp3) is 0.500. The molecule has 0 atom stereocenters. The van der Waals surface area contributed by atoms with Crippen LogP contribution in [0.4, 0.5) is 4.79 Å². The Morgan fingerprint density at radius 1 is 1.21 bits per heavy atom. The molecule has 2 amide bonds. The summed E-state index contributed by atoms with van der Waals surface area (Å²) in [5.74, 6) is -2.06. The molecule has 1 aromatic heterocycles. The van der Waals surface area contributed by atoms with Crippen molar-refractivity contribution in [3.63, 3.8) is 0 Å². The van der Waals surface area contributed by atoms with E-state index in [4.69, 9.17) is 9.47 Å². The molecule has 0 aliphatic rings. The average molecular weight is 417 g/mol. The van der Waals surface area contributed by atoms with Gasteiger partial charge in [-0.25, -0.2) is 22.9 Å². The van der Waals surface area contributed by atoms with E-state index in [2.05, 4.69) is 15.0 Å². The number of nitrogens with zero attached hydrogens (tertiary/aromatic N) is 1. The summed E-state index contributed by atoms with van der Waals surface area (Å²) in [7, 11) is -2.52. The number of nitrogens with one attached hydrogen (secondary N) is 2. The van der Waals surface area contributed by atoms with Gasteiger partial charge in [-0.05, 0) is 13.3 Å². The van der Waals surface area contributed by atoms with Crippen LogP contribution in [0.1, 0.15) is 37.0 Å². The third kappa shape index (κ3) is 7.78. The lowest BCUT2D eigenvalue weighted by Crippen LogP contribution is -2.33. The van der Waals surface area contributed by atoms with Gasteiger partial charge in [-0.2, -0.15) is 0 Å². The standard InChI is InChI=1S/C16H23N3O8S/c1-4-6-7-28(23,24)19-14(21)11-8-12(25-3)15(17-9-11)27-16(22)18-10-13(20)26-5-2/h8-9H,4-7,10H2,1-3H3,(H,18,22)(H,19,21). The summed E-state index contributed by atoms with van der Waals surface area (Å²) in [6.07, 6.45) is 1.12. The number of amides is 2. The van der Waals surface area contributed by atoms with Crippen molar-refractivity contribution >= 4 is 28.0 Å². The molecule has 1 rings (SSSR count). The van der Waals surface area contributed by atoms with Crippen LogP contribution in [-0.4, -0.2) is 57.4 Å². The number of hydrogen-bond acceptors (Lipinski definition) is 9. The number of pyridine rings is 1. The van der Waals surface area contributed by atoms with Crippen LogP contribution < -0.4 is 19.5 Å². The van der Waals surface area contributed by atoms with E-state index >= 15 is 0 Å². The molecule has 0 aromatic carbocycles. The van der Waals surface area contributed by atoms with E-state index in [1.807, 2.05) is 11.6 Å². The van der Waals surface area contributed by atoms with E-state index in [1.165, 1.54) is 13.2 Å². The number of hydrogen-bond donors (Lipinski definition) is 2. The van der Waals surface area contributed by atoms with E-state index in [0.29, 0.717) is 12.8 Å². The van der Waals surface area contributed by atoms with Gasteiger partial charge in [-0.15, -0.1) is 0 Å². The monoisotopic (exact) mass is 417 g/mol. The molecule has 1 aromatic rings. The molecule has 0 fully saturated rings.